The summed E-state index contributed by atoms with van der Waals surface area (Å²) in [4.78, 5) is 20.4. The molecule has 0 spiro atoms. The second-order valence-corrected chi connectivity index (χ2v) is 6.53. The Morgan fingerprint density at radius 3 is 2.54 bits per heavy atom. The zero-order chi connectivity index (χ0) is 19.5. The number of nitrogens with zero attached hydrogens (tertiary/aromatic N) is 5. The molecule has 28 heavy (non-hydrogen) atoms. The first kappa shape index (κ1) is 17.9. The number of ether oxygens (including phenoxy) is 1. The van der Waals surface area contributed by atoms with Crippen LogP contribution in [0.5, 0.6) is 5.88 Å². The topological polar surface area (TPSA) is 64.0 Å². The molecule has 0 radical (unpaired) electrons. The number of pyridine rings is 2. The highest BCUT2D eigenvalue weighted by molar-refractivity contribution is 5.65. The maximum atomic E-state index is 5.14. The molecule has 4 rings (SSSR count). The maximum Gasteiger partial charge on any atom is 0.212 e. The van der Waals surface area contributed by atoms with Gasteiger partial charge in [-0.2, -0.15) is 0 Å². The van der Waals surface area contributed by atoms with Gasteiger partial charge < -0.3 is 9.64 Å². The molecule has 3 aromatic heterocycles. The molecule has 1 aliphatic rings. The molecule has 1 aliphatic heterocycles. The van der Waals surface area contributed by atoms with E-state index in [-0.39, 0.29) is 0 Å². The van der Waals surface area contributed by atoms with Gasteiger partial charge in [-0.05, 0) is 29.8 Å². The summed E-state index contributed by atoms with van der Waals surface area (Å²) in [6, 6.07) is 7.84. The molecule has 0 saturated carbocycles. The average molecular weight is 371 g/mol. The Hall–Kier alpha value is -3.54. The summed E-state index contributed by atoms with van der Waals surface area (Å²) in [6.07, 6.45) is 8.78. The van der Waals surface area contributed by atoms with Crippen LogP contribution in [0, 0.1) is 0 Å². The molecule has 140 valence electrons. The van der Waals surface area contributed by atoms with Crippen molar-refractivity contribution >= 4 is 18.0 Å². The summed E-state index contributed by atoms with van der Waals surface area (Å²) in [5.74, 6) is 1.81. The predicted octanol–water partition coefficient (Wildman–Crippen LogP) is 3.83. The number of aromatic nitrogens is 4. The summed E-state index contributed by atoms with van der Waals surface area (Å²) in [5, 5.41) is 0. The van der Waals surface area contributed by atoms with Gasteiger partial charge in [0, 0.05) is 49.2 Å². The van der Waals surface area contributed by atoms with Crippen LogP contribution in [0.15, 0.2) is 56.0 Å². The monoisotopic (exact) mass is 371 g/mol. The third kappa shape index (κ3) is 3.24. The van der Waals surface area contributed by atoms with Crippen molar-refractivity contribution < 1.29 is 4.74 Å². The minimum absolute atomic E-state index is 0.291. The lowest BCUT2D eigenvalue weighted by molar-refractivity contribution is 0.398. The second-order valence-electron chi connectivity index (χ2n) is 6.53. The molecule has 0 aliphatic carbocycles. The quantitative estimate of drug-likeness (QED) is 0.656. The Balaban J connectivity index is 1.55. The summed E-state index contributed by atoms with van der Waals surface area (Å²) in [7, 11) is 1.60. The van der Waals surface area contributed by atoms with Crippen LogP contribution in [0.1, 0.15) is 22.9 Å². The molecule has 0 unspecified atom stereocenters. The van der Waals surface area contributed by atoms with Gasteiger partial charge in [-0.1, -0.05) is 19.2 Å². The van der Waals surface area contributed by atoms with Gasteiger partial charge in [0.1, 0.15) is 5.82 Å². The first-order chi connectivity index (χ1) is 13.7. The van der Waals surface area contributed by atoms with Crippen LogP contribution in [-0.4, -0.2) is 40.1 Å². The Bertz CT molecular complexity index is 1010. The lowest BCUT2D eigenvalue weighted by Crippen LogP contribution is -2.46. The van der Waals surface area contributed by atoms with E-state index in [0.717, 1.165) is 47.1 Å². The third-order valence-electron chi connectivity index (χ3n) is 4.89. The van der Waals surface area contributed by atoms with Crippen LogP contribution < -0.4 is 9.64 Å². The molecule has 0 bridgehead atoms. The van der Waals surface area contributed by atoms with Crippen LogP contribution >= 0.6 is 0 Å². The van der Waals surface area contributed by atoms with Crippen molar-refractivity contribution in [2.75, 3.05) is 25.1 Å². The van der Waals surface area contributed by atoms with Crippen LogP contribution in [0.2, 0.25) is 0 Å². The van der Waals surface area contributed by atoms with Crippen LogP contribution in [0.3, 0.4) is 0 Å². The zero-order valence-corrected chi connectivity index (χ0v) is 15.7. The number of anilines is 1. The first-order valence-corrected chi connectivity index (χ1v) is 9.05. The minimum Gasteiger partial charge on any atom is -0.481 e. The third-order valence-corrected chi connectivity index (χ3v) is 4.89. The Labute approximate surface area is 164 Å². The fourth-order valence-corrected chi connectivity index (χ4v) is 3.34. The van der Waals surface area contributed by atoms with E-state index >= 15 is 0 Å². The van der Waals surface area contributed by atoms with E-state index in [0.29, 0.717) is 11.8 Å². The number of hydrogen-bond acceptors (Lipinski definition) is 6. The molecule has 0 N–H and O–H groups in total. The number of hydrogen-bond donors (Lipinski definition) is 0. The van der Waals surface area contributed by atoms with E-state index in [4.69, 9.17) is 4.74 Å². The van der Waals surface area contributed by atoms with Crippen LogP contribution in [-0.2, 0) is 0 Å². The Morgan fingerprint density at radius 2 is 1.86 bits per heavy atom. The highest BCUT2D eigenvalue weighted by Gasteiger charge is 2.32. The highest BCUT2D eigenvalue weighted by Crippen LogP contribution is 2.34. The fraction of sp³-hybridized carbons (Fsp3) is 0.182. The van der Waals surface area contributed by atoms with Gasteiger partial charge in [0.2, 0.25) is 5.88 Å². The molecule has 4 heterocycles. The van der Waals surface area contributed by atoms with Crippen molar-refractivity contribution in [2.24, 2.45) is 0 Å². The van der Waals surface area contributed by atoms with Crippen molar-refractivity contribution in [1.82, 2.24) is 19.9 Å². The molecule has 6 heteroatoms. The van der Waals surface area contributed by atoms with Gasteiger partial charge in [-0.3, -0.25) is 9.97 Å². The van der Waals surface area contributed by atoms with Gasteiger partial charge in [-0.15, -0.1) is 0 Å². The summed E-state index contributed by atoms with van der Waals surface area (Å²) in [5.41, 5.74) is 4.62. The SMILES string of the molecule is C=Cc1ccc(N2CC(c3nccnc3-c3ccc(OC)nc3)C2)nc1C=C. The molecule has 1 saturated heterocycles. The largest absolute Gasteiger partial charge is 0.481 e. The van der Waals surface area contributed by atoms with Crippen molar-refractivity contribution in [1.29, 1.82) is 0 Å². The van der Waals surface area contributed by atoms with Gasteiger partial charge in [0.25, 0.3) is 0 Å². The van der Waals surface area contributed by atoms with E-state index < -0.39 is 0 Å². The van der Waals surface area contributed by atoms with Crippen LogP contribution in [0.25, 0.3) is 23.4 Å². The van der Waals surface area contributed by atoms with Crippen molar-refractivity contribution in [2.45, 2.75) is 5.92 Å². The maximum absolute atomic E-state index is 5.14. The normalized spacial score (nSPS) is 13.7. The zero-order valence-electron chi connectivity index (χ0n) is 15.7. The van der Waals surface area contributed by atoms with Crippen molar-refractivity contribution in [3.05, 3.63) is 73.0 Å². The van der Waals surface area contributed by atoms with Gasteiger partial charge in [0.05, 0.1) is 24.2 Å². The molecule has 3 aromatic rings. The average Bonchev–Trinajstić information content (AvgIpc) is 2.73. The van der Waals surface area contributed by atoms with Crippen molar-refractivity contribution in [3.63, 3.8) is 0 Å². The number of rotatable bonds is 6. The van der Waals surface area contributed by atoms with Gasteiger partial charge >= 0.3 is 0 Å². The molecule has 1 fully saturated rings. The minimum atomic E-state index is 0.291. The second kappa shape index (κ2) is 7.60. The fourth-order valence-electron chi connectivity index (χ4n) is 3.34. The van der Waals surface area contributed by atoms with Crippen LogP contribution in [0.4, 0.5) is 5.82 Å². The van der Waals surface area contributed by atoms with Gasteiger partial charge in [-0.25, -0.2) is 9.97 Å². The van der Waals surface area contributed by atoms with E-state index in [1.165, 1.54) is 0 Å². The van der Waals surface area contributed by atoms with E-state index in [1.54, 1.807) is 37.9 Å². The first-order valence-electron chi connectivity index (χ1n) is 9.05. The van der Waals surface area contributed by atoms with Gasteiger partial charge in [0.15, 0.2) is 0 Å². The molecule has 0 aromatic carbocycles. The Morgan fingerprint density at radius 1 is 1.04 bits per heavy atom. The predicted molar refractivity (Wildman–Crippen MR) is 111 cm³/mol. The van der Waals surface area contributed by atoms with Crippen molar-refractivity contribution in [3.8, 4) is 17.1 Å². The van der Waals surface area contributed by atoms with E-state index in [2.05, 4.69) is 38.0 Å². The smallest absolute Gasteiger partial charge is 0.212 e. The molecule has 0 amide bonds. The summed E-state index contributed by atoms with van der Waals surface area (Å²) < 4.78 is 5.14. The van der Waals surface area contributed by atoms with E-state index in [1.807, 2.05) is 24.3 Å². The number of methoxy groups -OCH3 is 1. The summed E-state index contributed by atoms with van der Waals surface area (Å²) >= 11 is 0. The lowest BCUT2D eigenvalue weighted by Gasteiger charge is -2.40. The Kier molecular flexibility index (Phi) is 4.85. The standard InChI is InChI=1S/C22H21N5O/c1-4-15-6-8-19(26-18(15)5-2)27-13-17(14-27)22-21(23-10-11-24-22)16-7-9-20(28-3)25-12-16/h4-12,17H,1-2,13-14H2,3H3. The molecular formula is C22H21N5O. The molecule has 0 atom stereocenters. The lowest BCUT2D eigenvalue weighted by atomic mass is 9.92. The summed E-state index contributed by atoms with van der Waals surface area (Å²) in [6.45, 7) is 9.34. The molecular weight excluding hydrogens is 350 g/mol. The molecule has 6 nitrogen and oxygen atoms in total. The highest BCUT2D eigenvalue weighted by atomic mass is 16.5. The van der Waals surface area contributed by atoms with E-state index in [9.17, 15) is 0 Å².